The lowest BCUT2D eigenvalue weighted by Crippen LogP contribution is -2.59. The molecule has 0 radical (unpaired) electrons. The van der Waals surface area contributed by atoms with Crippen molar-refractivity contribution < 1.29 is 4.79 Å². The van der Waals surface area contributed by atoms with Crippen LogP contribution in [-0.4, -0.2) is 25.8 Å². The molecule has 1 amide bonds. The summed E-state index contributed by atoms with van der Waals surface area (Å²) in [5.74, 6) is 3.08. The normalized spacial score (nSPS) is 30.6. The maximum absolute atomic E-state index is 13.4. The summed E-state index contributed by atoms with van der Waals surface area (Å²) < 4.78 is 1.97. The molecule has 7 rings (SSSR count). The summed E-state index contributed by atoms with van der Waals surface area (Å²) >= 11 is 0. The number of hydrogen-bond donors (Lipinski definition) is 1. The summed E-state index contributed by atoms with van der Waals surface area (Å²) in [6.07, 6.45) is 11.2. The molecule has 28 heavy (non-hydrogen) atoms. The van der Waals surface area contributed by atoms with Crippen LogP contribution in [0.5, 0.6) is 0 Å². The van der Waals surface area contributed by atoms with Gasteiger partial charge in [0.15, 0.2) is 11.5 Å². The van der Waals surface area contributed by atoms with Gasteiger partial charge < -0.3 is 5.32 Å². The van der Waals surface area contributed by atoms with Gasteiger partial charge in [-0.25, -0.2) is 4.98 Å². The summed E-state index contributed by atoms with van der Waals surface area (Å²) in [5.41, 5.74) is 2.11. The van der Waals surface area contributed by atoms with Gasteiger partial charge in [0.2, 0.25) is 0 Å². The van der Waals surface area contributed by atoms with Crippen LogP contribution >= 0.6 is 0 Å². The Balaban J connectivity index is 1.38. The number of imidazole rings is 1. The number of pyridine rings is 2. The van der Waals surface area contributed by atoms with Crippen molar-refractivity contribution in [1.82, 2.24) is 19.7 Å². The van der Waals surface area contributed by atoms with Gasteiger partial charge in [0.1, 0.15) is 5.69 Å². The van der Waals surface area contributed by atoms with Crippen molar-refractivity contribution in [2.75, 3.05) is 0 Å². The molecular formula is C23H24N4O. The van der Waals surface area contributed by atoms with Gasteiger partial charge in [-0.1, -0.05) is 12.1 Å². The van der Waals surface area contributed by atoms with Crippen LogP contribution in [0.1, 0.15) is 49.0 Å². The SMILES string of the molecule is O=C(NC12CC3CC(CC(C3)C1)C2)c1nc(-c2ccccn2)n2ccccc12. The largest absolute Gasteiger partial charge is 0.345 e. The molecule has 4 aliphatic carbocycles. The summed E-state index contributed by atoms with van der Waals surface area (Å²) in [5, 5.41) is 3.46. The monoisotopic (exact) mass is 372 g/mol. The smallest absolute Gasteiger partial charge is 0.272 e. The van der Waals surface area contributed by atoms with Crippen LogP contribution in [0.25, 0.3) is 17.0 Å². The minimum Gasteiger partial charge on any atom is -0.345 e. The maximum atomic E-state index is 13.4. The summed E-state index contributed by atoms with van der Waals surface area (Å²) in [6, 6.07) is 11.7. The fourth-order valence-corrected chi connectivity index (χ4v) is 6.44. The number of rotatable bonds is 3. The van der Waals surface area contributed by atoms with E-state index in [0.717, 1.165) is 48.2 Å². The Labute approximate surface area is 164 Å². The van der Waals surface area contributed by atoms with Crippen LogP contribution in [0.3, 0.4) is 0 Å². The molecule has 3 aromatic rings. The van der Waals surface area contributed by atoms with Gasteiger partial charge in [-0.3, -0.25) is 14.2 Å². The van der Waals surface area contributed by atoms with E-state index in [4.69, 9.17) is 4.98 Å². The highest BCUT2D eigenvalue weighted by atomic mass is 16.2. The van der Waals surface area contributed by atoms with E-state index >= 15 is 0 Å². The molecule has 4 saturated carbocycles. The molecule has 4 fully saturated rings. The van der Waals surface area contributed by atoms with Crippen molar-refractivity contribution in [3.63, 3.8) is 0 Å². The first-order chi connectivity index (χ1) is 13.7. The second-order valence-corrected chi connectivity index (χ2v) is 9.11. The molecule has 3 aromatic heterocycles. The summed E-state index contributed by atoms with van der Waals surface area (Å²) in [4.78, 5) is 22.6. The lowest BCUT2D eigenvalue weighted by molar-refractivity contribution is -0.0167. The van der Waals surface area contributed by atoms with Crippen LogP contribution in [-0.2, 0) is 0 Å². The number of aromatic nitrogens is 3. The molecule has 5 heteroatoms. The van der Waals surface area contributed by atoms with E-state index in [1.54, 1.807) is 6.20 Å². The first-order valence-corrected chi connectivity index (χ1v) is 10.4. The van der Waals surface area contributed by atoms with Gasteiger partial charge in [-0.15, -0.1) is 0 Å². The van der Waals surface area contributed by atoms with Crippen LogP contribution < -0.4 is 5.32 Å². The number of hydrogen-bond acceptors (Lipinski definition) is 3. The van der Waals surface area contributed by atoms with Crippen LogP contribution in [0.2, 0.25) is 0 Å². The molecule has 4 aliphatic rings. The van der Waals surface area contributed by atoms with E-state index in [1.165, 1.54) is 19.3 Å². The van der Waals surface area contributed by atoms with Crippen LogP contribution in [0.15, 0.2) is 48.8 Å². The number of fused-ring (bicyclic) bond motifs is 1. The highest BCUT2D eigenvalue weighted by molar-refractivity contribution is 6.00. The minimum atomic E-state index is -0.0344. The predicted octanol–water partition coefficient (Wildman–Crippen LogP) is 4.09. The Hall–Kier alpha value is -2.69. The van der Waals surface area contributed by atoms with Crippen molar-refractivity contribution in [2.24, 2.45) is 17.8 Å². The van der Waals surface area contributed by atoms with Crippen molar-refractivity contribution >= 4 is 11.4 Å². The fraction of sp³-hybridized carbons (Fsp3) is 0.435. The van der Waals surface area contributed by atoms with E-state index in [0.29, 0.717) is 11.5 Å². The van der Waals surface area contributed by atoms with E-state index in [1.807, 2.05) is 47.0 Å². The fourth-order valence-electron chi connectivity index (χ4n) is 6.44. The summed E-state index contributed by atoms with van der Waals surface area (Å²) in [6.45, 7) is 0. The molecular weight excluding hydrogens is 348 g/mol. The molecule has 5 nitrogen and oxygen atoms in total. The van der Waals surface area contributed by atoms with Gasteiger partial charge in [0.25, 0.3) is 5.91 Å². The minimum absolute atomic E-state index is 0.0122. The lowest BCUT2D eigenvalue weighted by Gasteiger charge is -2.56. The third kappa shape index (κ3) is 2.49. The second-order valence-electron chi connectivity index (χ2n) is 9.11. The first-order valence-electron chi connectivity index (χ1n) is 10.4. The lowest BCUT2D eigenvalue weighted by atomic mass is 9.53. The topological polar surface area (TPSA) is 59.3 Å². The number of nitrogens with zero attached hydrogens (tertiary/aromatic N) is 3. The van der Waals surface area contributed by atoms with Crippen molar-refractivity contribution in [3.05, 3.63) is 54.5 Å². The molecule has 4 bridgehead atoms. The Bertz CT molecular complexity index is 1020. The van der Waals surface area contributed by atoms with Gasteiger partial charge in [0.05, 0.1) is 5.52 Å². The van der Waals surface area contributed by atoms with E-state index in [9.17, 15) is 4.79 Å². The van der Waals surface area contributed by atoms with E-state index in [2.05, 4.69) is 10.3 Å². The maximum Gasteiger partial charge on any atom is 0.272 e. The van der Waals surface area contributed by atoms with Crippen molar-refractivity contribution in [1.29, 1.82) is 0 Å². The molecule has 0 unspecified atom stereocenters. The van der Waals surface area contributed by atoms with Gasteiger partial charge in [-0.2, -0.15) is 0 Å². The molecule has 0 aromatic carbocycles. The zero-order valence-corrected chi connectivity index (χ0v) is 15.8. The van der Waals surface area contributed by atoms with Crippen LogP contribution in [0.4, 0.5) is 0 Å². The van der Waals surface area contributed by atoms with Crippen LogP contribution in [0, 0.1) is 17.8 Å². The van der Waals surface area contributed by atoms with Gasteiger partial charge in [-0.05, 0) is 80.5 Å². The standard InChI is InChI=1S/C23H24N4O/c28-22(26-23-12-15-9-16(13-23)11-17(10-15)14-23)20-19-6-2-4-8-27(19)21(25-20)18-5-1-3-7-24-18/h1-8,15-17H,9-14H2,(H,26,28). The number of nitrogens with one attached hydrogen (secondary N) is 1. The predicted molar refractivity (Wildman–Crippen MR) is 107 cm³/mol. The second kappa shape index (κ2) is 5.90. The molecule has 142 valence electrons. The highest BCUT2D eigenvalue weighted by Crippen LogP contribution is 2.55. The van der Waals surface area contributed by atoms with E-state index < -0.39 is 0 Å². The number of carbonyl (C=O) groups excluding carboxylic acids is 1. The molecule has 0 spiro atoms. The molecule has 1 N–H and O–H groups in total. The molecule has 0 atom stereocenters. The zero-order chi connectivity index (χ0) is 18.7. The first kappa shape index (κ1) is 16.3. The Morgan fingerprint density at radius 2 is 1.71 bits per heavy atom. The Morgan fingerprint density at radius 1 is 1.00 bits per heavy atom. The Kier molecular flexibility index (Phi) is 3.43. The molecule has 0 aliphatic heterocycles. The number of amides is 1. The van der Waals surface area contributed by atoms with Crippen molar-refractivity contribution in [2.45, 2.75) is 44.1 Å². The van der Waals surface area contributed by atoms with E-state index in [-0.39, 0.29) is 11.4 Å². The molecule has 0 saturated heterocycles. The van der Waals surface area contributed by atoms with Gasteiger partial charge >= 0.3 is 0 Å². The molecule has 3 heterocycles. The average Bonchev–Trinajstić information content (AvgIpc) is 3.07. The van der Waals surface area contributed by atoms with Gasteiger partial charge in [0, 0.05) is 17.9 Å². The summed E-state index contributed by atoms with van der Waals surface area (Å²) in [7, 11) is 0. The third-order valence-electron chi connectivity index (χ3n) is 7.07. The number of carbonyl (C=O) groups is 1. The zero-order valence-electron chi connectivity index (χ0n) is 15.8. The highest BCUT2D eigenvalue weighted by Gasteiger charge is 2.51. The van der Waals surface area contributed by atoms with Crippen molar-refractivity contribution in [3.8, 4) is 11.5 Å². The quantitative estimate of drug-likeness (QED) is 0.753. The third-order valence-corrected chi connectivity index (χ3v) is 7.07. The Morgan fingerprint density at radius 3 is 2.39 bits per heavy atom. The average molecular weight is 372 g/mol.